The fourth-order valence-corrected chi connectivity index (χ4v) is 4.64. The van der Waals surface area contributed by atoms with Gasteiger partial charge in [-0.15, -0.1) is 0 Å². The van der Waals surface area contributed by atoms with Crippen LogP contribution in [-0.2, 0) is 22.4 Å². The third kappa shape index (κ3) is 5.03. The van der Waals surface area contributed by atoms with Crippen molar-refractivity contribution in [3.05, 3.63) is 107 Å². The molecule has 0 bridgehead atoms. The molecule has 36 heavy (non-hydrogen) atoms. The summed E-state index contributed by atoms with van der Waals surface area (Å²) >= 11 is 0. The fourth-order valence-electron chi connectivity index (χ4n) is 4.64. The predicted molar refractivity (Wildman–Crippen MR) is 138 cm³/mol. The molecule has 1 aliphatic carbocycles. The normalized spacial score (nSPS) is 12.9. The maximum Gasteiger partial charge on any atom is 0.339 e. The number of rotatable bonds is 6. The average Bonchev–Trinajstić information content (AvgIpc) is 3.16. The van der Waals surface area contributed by atoms with E-state index < -0.39 is 18.5 Å². The number of ketones is 1. The average molecular weight is 479 g/mol. The summed E-state index contributed by atoms with van der Waals surface area (Å²) in [6.45, 7) is -0.408. The lowest BCUT2D eigenvalue weighted by Gasteiger charge is -2.15. The Labute approximate surface area is 209 Å². The minimum absolute atomic E-state index is 0.0916. The van der Waals surface area contributed by atoms with Gasteiger partial charge < -0.3 is 10.1 Å². The Bertz CT molecular complexity index is 1430. The quantitative estimate of drug-likeness (QED) is 0.224. The van der Waals surface area contributed by atoms with Crippen LogP contribution in [0.25, 0.3) is 10.9 Å². The van der Waals surface area contributed by atoms with Gasteiger partial charge in [0.15, 0.2) is 12.4 Å². The van der Waals surface area contributed by atoms with Crippen LogP contribution in [-0.4, -0.2) is 29.3 Å². The van der Waals surface area contributed by atoms with Crippen LogP contribution in [0.3, 0.4) is 0 Å². The number of nitrogens with zero attached hydrogens (tertiary/aromatic N) is 1. The molecule has 1 amide bonds. The molecule has 180 valence electrons. The van der Waals surface area contributed by atoms with Gasteiger partial charge in [0.2, 0.25) is 0 Å². The van der Waals surface area contributed by atoms with E-state index in [2.05, 4.69) is 5.32 Å². The van der Waals surface area contributed by atoms with Crippen molar-refractivity contribution in [1.29, 1.82) is 0 Å². The third-order valence-corrected chi connectivity index (χ3v) is 6.42. The van der Waals surface area contributed by atoms with Crippen molar-refractivity contribution >= 4 is 34.3 Å². The van der Waals surface area contributed by atoms with E-state index in [1.54, 1.807) is 36.4 Å². The highest BCUT2D eigenvalue weighted by Gasteiger charge is 2.23. The summed E-state index contributed by atoms with van der Waals surface area (Å²) in [5, 5.41) is 3.48. The first-order chi connectivity index (χ1) is 17.6. The Balaban J connectivity index is 1.26. The minimum Gasteiger partial charge on any atom is -0.452 e. The summed E-state index contributed by atoms with van der Waals surface area (Å²) in [7, 11) is 0. The van der Waals surface area contributed by atoms with Crippen LogP contribution in [0.15, 0.2) is 78.9 Å². The van der Waals surface area contributed by atoms with E-state index in [-0.39, 0.29) is 5.78 Å². The van der Waals surface area contributed by atoms with Gasteiger partial charge in [-0.3, -0.25) is 14.6 Å². The smallest absolute Gasteiger partial charge is 0.339 e. The van der Waals surface area contributed by atoms with Gasteiger partial charge >= 0.3 is 5.97 Å². The first kappa shape index (κ1) is 23.4. The summed E-state index contributed by atoms with van der Waals surface area (Å²) < 4.78 is 5.46. The monoisotopic (exact) mass is 478 g/mol. The van der Waals surface area contributed by atoms with Gasteiger partial charge in [0.05, 0.1) is 11.1 Å². The number of hydrogen-bond donors (Lipinski definition) is 1. The number of carbonyl (C=O) groups excluding carboxylic acids is 3. The van der Waals surface area contributed by atoms with Crippen molar-refractivity contribution < 1.29 is 19.1 Å². The number of nitrogens with one attached hydrogen (secondary N) is 1. The number of fused-ring (bicyclic) bond motifs is 2. The molecule has 0 unspecified atom stereocenters. The number of anilines is 1. The van der Waals surface area contributed by atoms with E-state index in [1.165, 1.54) is 0 Å². The number of esters is 1. The number of aryl methyl sites for hydroxylation is 1. The Morgan fingerprint density at radius 2 is 1.47 bits per heavy atom. The molecular weight excluding hydrogens is 452 g/mol. The lowest BCUT2D eigenvalue weighted by Crippen LogP contribution is -2.22. The Kier molecular flexibility index (Phi) is 6.85. The van der Waals surface area contributed by atoms with Crippen LogP contribution >= 0.6 is 0 Å². The molecule has 4 aromatic rings. The van der Waals surface area contributed by atoms with Gasteiger partial charge in [0.25, 0.3) is 5.91 Å². The van der Waals surface area contributed by atoms with Gasteiger partial charge in [-0.2, -0.15) is 0 Å². The van der Waals surface area contributed by atoms with Crippen molar-refractivity contribution in [1.82, 2.24) is 4.98 Å². The zero-order valence-corrected chi connectivity index (χ0v) is 19.8. The molecule has 3 aromatic carbocycles. The molecule has 5 rings (SSSR count). The van der Waals surface area contributed by atoms with Gasteiger partial charge in [0, 0.05) is 27.9 Å². The molecule has 0 spiro atoms. The largest absolute Gasteiger partial charge is 0.452 e. The molecule has 0 saturated heterocycles. The molecular formula is C30H26N2O4. The number of pyridine rings is 1. The van der Waals surface area contributed by atoms with E-state index in [1.807, 2.05) is 42.5 Å². The van der Waals surface area contributed by atoms with E-state index in [9.17, 15) is 14.4 Å². The van der Waals surface area contributed by atoms with Gasteiger partial charge in [0.1, 0.15) is 0 Å². The second kappa shape index (κ2) is 10.5. The second-order valence-electron chi connectivity index (χ2n) is 8.89. The standard InChI is InChI=1S/C30H26N2O4/c33-27(31-22-17-15-21(16-18-22)29(34)20-9-3-1-4-10-20)19-36-30(35)28-23-11-5-2-6-13-25(23)32-26-14-8-7-12-24(26)28/h1,3-4,7-10,12,14-18H,2,5-6,11,13,19H2,(H,31,33). The number of carbonyl (C=O) groups is 3. The number of para-hydroxylation sites is 1. The molecule has 6 heteroatoms. The molecule has 0 radical (unpaired) electrons. The topological polar surface area (TPSA) is 85.4 Å². The third-order valence-electron chi connectivity index (χ3n) is 6.42. The van der Waals surface area contributed by atoms with Crippen LogP contribution in [0.4, 0.5) is 5.69 Å². The predicted octanol–water partition coefficient (Wildman–Crippen LogP) is 5.53. The Morgan fingerprint density at radius 1 is 0.778 bits per heavy atom. The first-order valence-corrected chi connectivity index (χ1v) is 12.2. The second-order valence-corrected chi connectivity index (χ2v) is 8.89. The molecule has 6 nitrogen and oxygen atoms in total. The Morgan fingerprint density at radius 3 is 2.28 bits per heavy atom. The van der Waals surface area contributed by atoms with E-state index in [4.69, 9.17) is 9.72 Å². The van der Waals surface area contributed by atoms with E-state index >= 15 is 0 Å². The van der Waals surface area contributed by atoms with E-state index in [0.29, 0.717) is 22.4 Å². The number of hydrogen-bond acceptors (Lipinski definition) is 5. The lowest BCUT2D eigenvalue weighted by atomic mass is 9.97. The van der Waals surface area contributed by atoms with Gasteiger partial charge in [-0.1, -0.05) is 55.0 Å². The summed E-state index contributed by atoms with van der Waals surface area (Å²) in [5.41, 5.74) is 4.82. The van der Waals surface area contributed by atoms with Crippen LogP contribution in [0.5, 0.6) is 0 Å². The highest BCUT2D eigenvalue weighted by atomic mass is 16.5. The maximum atomic E-state index is 13.2. The zero-order valence-electron chi connectivity index (χ0n) is 19.8. The molecule has 1 heterocycles. The minimum atomic E-state index is -0.509. The number of aromatic nitrogens is 1. The highest BCUT2D eigenvalue weighted by molar-refractivity contribution is 6.09. The molecule has 1 aliphatic rings. The molecule has 0 saturated carbocycles. The van der Waals surface area contributed by atoms with Crippen LogP contribution in [0, 0.1) is 0 Å². The fraction of sp³-hybridized carbons (Fsp3) is 0.200. The summed E-state index contributed by atoms with van der Waals surface area (Å²) in [6.07, 6.45) is 4.75. The van der Waals surface area contributed by atoms with Crippen molar-refractivity contribution in [2.45, 2.75) is 32.1 Å². The van der Waals surface area contributed by atoms with Crippen molar-refractivity contribution in [3.8, 4) is 0 Å². The van der Waals surface area contributed by atoms with Gasteiger partial charge in [-0.25, -0.2) is 4.79 Å². The SMILES string of the molecule is O=C(COC(=O)c1c2c(nc3ccccc13)CCCCC2)Nc1ccc(C(=O)c2ccccc2)cc1. The number of amides is 1. The van der Waals surface area contributed by atoms with Crippen molar-refractivity contribution in [3.63, 3.8) is 0 Å². The summed E-state index contributed by atoms with van der Waals surface area (Å²) in [6, 6.07) is 23.2. The number of ether oxygens (including phenoxy) is 1. The summed E-state index contributed by atoms with van der Waals surface area (Å²) in [4.78, 5) is 43.1. The van der Waals surface area contributed by atoms with E-state index in [0.717, 1.165) is 54.3 Å². The summed E-state index contributed by atoms with van der Waals surface area (Å²) in [5.74, 6) is -1.05. The molecule has 1 N–H and O–H groups in total. The van der Waals surface area contributed by atoms with Crippen molar-refractivity contribution in [2.75, 3.05) is 11.9 Å². The first-order valence-electron chi connectivity index (χ1n) is 12.2. The van der Waals surface area contributed by atoms with Crippen LogP contribution in [0.1, 0.15) is 56.8 Å². The lowest BCUT2D eigenvalue weighted by molar-refractivity contribution is -0.119. The number of benzene rings is 3. The van der Waals surface area contributed by atoms with Crippen LogP contribution in [0.2, 0.25) is 0 Å². The van der Waals surface area contributed by atoms with Crippen molar-refractivity contribution in [2.24, 2.45) is 0 Å². The van der Waals surface area contributed by atoms with Crippen LogP contribution < -0.4 is 5.32 Å². The Hall–Kier alpha value is -4.32. The maximum absolute atomic E-state index is 13.2. The molecule has 0 atom stereocenters. The molecule has 0 aliphatic heterocycles. The molecule has 0 fully saturated rings. The van der Waals surface area contributed by atoms with Gasteiger partial charge in [-0.05, 0) is 61.6 Å². The molecule has 1 aromatic heterocycles. The zero-order chi connectivity index (χ0) is 24.9. The highest BCUT2D eigenvalue weighted by Crippen LogP contribution is 2.29.